The van der Waals surface area contributed by atoms with Gasteiger partial charge in [0.15, 0.2) is 16.6 Å². The van der Waals surface area contributed by atoms with Crippen molar-refractivity contribution in [1.82, 2.24) is 4.90 Å². The minimum Gasteiger partial charge on any atom is -0.598 e. The van der Waals surface area contributed by atoms with Gasteiger partial charge >= 0.3 is 0 Å². The van der Waals surface area contributed by atoms with Crippen LogP contribution in [-0.2, 0) is 16.8 Å². The Morgan fingerprint density at radius 1 is 1.56 bits per heavy atom. The second-order valence-corrected chi connectivity index (χ2v) is 6.40. The fourth-order valence-corrected chi connectivity index (χ4v) is 3.12. The quantitative estimate of drug-likeness (QED) is 0.781. The molecule has 0 aromatic heterocycles. The fourth-order valence-electron chi connectivity index (χ4n) is 2.19. The predicted octanol–water partition coefficient (Wildman–Crippen LogP) is 2.56. The Morgan fingerprint density at radius 3 is 3.11 bits per heavy atom. The molecule has 5 heteroatoms. The number of benzene rings is 1. The highest BCUT2D eigenvalue weighted by atomic mass is 35.7. The second-order valence-electron chi connectivity index (χ2n) is 4.53. The summed E-state index contributed by atoms with van der Waals surface area (Å²) in [5, 5.41) is 0. The highest BCUT2D eigenvalue weighted by Crippen LogP contribution is 2.20. The molecule has 0 bridgehead atoms. The van der Waals surface area contributed by atoms with Crippen LogP contribution in [0.5, 0.6) is 5.75 Å². The second kappa shape index (κ2) is 6.66. The molecule has 100 valence electrons. The van der Waals surface area contributed by atoms with E-state index in [4.69, 9.17) is 15.4 Å². The molecular weight excluding hydrogens is 270 g/mol. The van der Waals surface area contributed by atoms with Crippen molar-refractivity contribution in [2.75, 3.05) is 19.0 Å². The first-order valence-electron chi connectivity index (χ1n) is 6.20. The van der Waals surface area contributed by atoms with Crippen LogP contribution < -0.4 is 4.74 Å². The van der Waals surface area contributed by atoms with Crippen LogP contribution in [0.25, 0.3) is 0 Å². The molecule has 2 unspecified atom stereocenters. The summed E-state index contributed by atoms with van der Waals surface area (Å²) in [7, 11) is 4.22. The Balaban J connectivity index is 1.87. The first-order chi connectivity index (χ1) is 8.67. The smallest absolute Gasteiger partial charge is 0.178 e. The molecule has 1 aliphatic heterocycles. The summed E-state index contributed by atoms with van der Waals surface area (Å²) in [5.41, 5.74) is 1.28. The van der Waals surface area contributed by atoms with Crippen molar-refractivity contribution in [3.8, 4) is 5.75 Å². The summed E-state index contributed by atoms with van der Waals surface area (Å²) in [6, 6.07) is 8.20. The molecule has 0 aliphatic carbocycles. The zero-order chi connectivity index (χ0) is 13.0. The summed E-state index contributed by atoms with van der Waals surface area (Å²) in [5.74, 6) is 1.35. The number of ether oxygens (including phenoxy) is 1. The third-order valence-electron chi connectivity index (χ3n) is 3.12. The lowest BCUT2D eigenvalue weighted by molar-refractivity contribution is 0.206. The molecule has 1 aliphatic rings. The minimum absolute atomic E-state index is 0.178. The summed E-state index contributed by atoms with van der Waals surface area (Å²) < 4.78 is 16.9. The number of nitrogens with zero attached hydrogens (tertiary/aromatic N) is 1. The molecule has 2 rings (SSSR count). The number of hydrogen-bond donors (Lipinski definition) is 0. The van der Waals surface area contributed by atoms with Crippen molar-refractivity contribution in [3.05, 3.63) is 29.8 Å². The highest BCUT2D eigenvalue weighted by molar-refractivity contribution is 8.13. The van der Waals surface area contributed by atoms with Gasteiger partial charge in [-0.05, 0) is 30.5 Å². The van der Waals surface area contributed by atoms with E-state index in [1.165, 1.54) is 5.56 Å². The van der Waals surface area contributed by atoms with E-state index in [2.05, 4.69) is 24.0 Å². The Kier molecular flexibility index (Phi) is 5.18. The van der Waals surface area contributed by atoms with E-state index in [9.17, 15) is 4.55 Å². The van der Waals surface area contributed by atoms with E-state index >= 15 is 0 Å². The van der Waals surface area contributed by atoms with Gasteiger partial charge in [-0.25, -0.2) is 0 Å². The fraction of sp³-hybridized carbons (Fsp3) is 0.538. The highest BCUT2D eigenvalue weighted by Gasteiger charge is 2.26. The Bertz CT molecular complexity index is 389. The van der Waals surface area contributed by atoms with E-state index in [1.54, 1.807) is 0 Å². The molecule has 18 heavy (non-hydrogen) atoms. The summed E-state index contributed by atoms with van der Waals surface area (Å²) in [6.45, 7) is 3.83. The van der Waals surface area contributed by atoms with Gasteiger partial charge in [-0.3, -0.25) is 4.90 Å². The van der Waals surface area contributed by atoms with E-state index in [0.717, 1.165) is 31.7 Å². The molecule has 0 spiro atoms. The van der Waals surface area contributed by atoms with Gasteiger partial charge in [-0.2, -0.15) is 0 Å². The molecule has 1 aromatic carbocycles. The monoisotopic (exact) mass is 287 g/mol. The maximum atomic E-state index is 10.9. The molecule has 0 radical (unpaired) electrons. The van der Waals surface area contributed by atoms with Crippen molar-refractivity contribution in [2.24, 2.45) is 0 Å². The number of aryl methyl sites for hydroxylation is 1. The number of hydrogen-bond acceptors (Lipinski definition) is 3. The van der Waals surface area contributed by atoms with Crippen LogP contribution in [-0.4, -0.2) is 34.5 Å². The molecule has 3 nitrogen and oxygen atoms in total. The average molecular weight is 288 g/mol. The Hall–Kier alpha value is -0.420. The van der Waals surface area contributed by atoms with Gasteiger partial charge in [0.05, 0.1) is 10.4 Å². The van der Waals surface area contributed by atoms with Crippen molar-refractivity contribution in [3.63, 3.8) is 0 Å². The maximum Gasteiger partial charge on any atom is 0.178 e. The summed E-state index contributed by atoms with van der Waals surface area (Å²) in [4.78, 5) is 2.08. The molecule has 1 saturated heterocycles. The first-order valence-corrected chi connectivity index (χ1v) is 8.34. The van der Waals surface area contributed by atoms with Crippen LogP contribution in [0.2, 0.25) is 0 Å². The standard InChI is InChI=1S/C13H18ClNO2S/c1-2-11-4-3-5-12(8-11)17-13-6-7-15(9-13)10-18(14)16/h3-5,8,13H,2,6-7,9-10H2,1H3. The maximum absolute atomic E-state index is 10.9. The minimum atomic E-state index is -1.28. The molecule has 0 amide bonds. The molecule has 1 heterocycles. The number of rotatable bonds is 5. The summed E-state index contributed by atoms with van der Waals surface area (Å²) in [6.07, 6.45) is 2.15. The lowest BCUT2D eigenvalue weighted by Gasteiger charge is -2.16. The van der Waals surface area contributed by atoms with Gasteiger partial charge in [0.2, 0.25) is 0 Å². The van der Waals surface area contributed by atoms with Gasteiger partial charge < -0.3 is 9.29 Å². The van der Waals surface area contributed by atoms with Crippen LogP contribution in [0.1, 0.15) is 18.9 Å². The van der Waals surface area contributed by atoms with Crippen LogP contribution in [0.3, 0.4) is 0 Å². The third kappa shape index (κ3) is 4.05. The van der Waals surface area contributed by atoms with Crippen molar-refractivity contribution in [2.45, 2.75) is 25.9 Å². The molecule has 0 saturated carbocycles. The van der Waals surface area contributed by atoms with Gasteiger partial charge in [0.25, 0.3) is 0 Å². The SMILES string of the molecule is CCc1cccc(OC2CCN(C[S+]([O-])Cl)C2)c1. The largest absolute Gasteiger partial charge is 0.598 e. The van der Waals surface area contributed by atoms with Gasteiger partial charge in [-0.15, -0.1) is 0 Å². The van der Waals surface area contributed by atoms with E-state index < -0.39 is 10.4 Å². The van der Waals surface area contributed by atoms with Crippen molar-refractivity contribution in [1.29, 1.82) is 0 Å². The van der Waals surface area contributed by atoms with Crippen molar-refractivity contribution < 1.29 is 9.29 Å². The number of halogens is 1. The molecule has 0 N–H and O–H groups in total. The van der Waals surface area contributed by atoms with Crippen LogP contribution in [0.4, 0.5) is 0 Å². The molecular formula is C13H18ClNO2S. The average Bonchev–Trinajstić information content (AvgIpc) is 2.76. The predicted molar refractivity (Wildman–Crippen MR) is 75.3 cm³/mol. The lowest BCUT2D eigenvalue weighted by atomic mass is 10.1. The van der Waals surface area contributed by atoms with Gasteiger partial charge in [-0.1, -0.05) is 19.1 Å². The topological polar surface area (TPSA) is 35.5 Å². The third-order valence-corrected chi connectivity index (χ3v) is 3.98. The molecule has 2 atom stereocenters. The van der Waals surface area contributed by atoms with E-state index in [-0.39, 0.29) is 6.10 Å². The van der Waals surface area contributed by atoms with Crippen LogP contribution in [0, 0.1) is 0 Å². The Labute approximate surface area is 116 Å². The first kappa shape index (κ1) is 14.0. The van der Waals surface area contributed by atoms with Crippen LogP contribution in [0.15, 0.2) is 24.3 Å². The van der Waals surface area contributed by atoms with Gasteiger partial charge in [0.1, 0.15) is 11.9 Å². The molecule has 1 aromatic rings. The Morgan fingerprint density at radius 2 is 2.39 bits per heavy atom. The van der Waals surface area contributed by atoms with E-state index in [0.29, 0.717) is 5.88 Å². The lowest BCUT2D eigenvalue weighted by Crippen LogP contribution is -2.28. The van der Waals surface area contributed by atoms with Gasteiger partial charge in [0, 0.05) is 13.1 Å². The normalized spacial score (nSPS) is 22.1. The molecule has 1 fully saturated rings. The van der Waals surface area contributed by atoms with Crippen LogP contribution >= 0.6 is 10.7 Å². The number of likely N-dealkylation sites (tertiary alicyclic amines) is 1. The summed E-state index contributed by atoms with van der Waals surface area (Å²) >= 11 is 0. The van der Waals surface area contributed by atoms with E-state index in [1.807, 2.05) is 12.1 Å². The van der Waals surface area contributed by atoms with Crippen molar-refractivity contribution >= 4 is 21.1 Å². The zero-order valence-electron chi connectivity index (χ0n) is 10.5. The zero-order valence-corrected chi connectivity index (χ0v) is 12.0.